The van der Waals surface area contributed by atoms with Crippen LogP contribution in [0.4, 0.5) is 0 Å². The van der Waals surface area contributed by atoms with Gasteiger partial charge < -0.3 is 5.11 Å². The van der Waals surface area contributed by atoms with Gasteiger partial charge in [-0.15, -0.1) is 0 Å². The van der Waals surface area contributed by atoms with E-state index >= 15 is 0 Å². The number of aliphatic hydroxyl groups excluding tert-OH is 1. The molecule has 0 aliphatic heterocycles. The van der Waals surface area contributed by atoms with Crippen molar-refractivity contribution in [1.29, 1.82) is 0 Å². The van der Waals surface area contributed by atoms with E-state index in [0.717, 1.165) is 22.6 Å². The van der Waals surface area contributed by atoms with Crippen molar-refractivity contribution in [3.63, 3.8) is 0 Å². The molecule has 1 aromatic carbocycles. The molecule has 0 unspecified atom stereocenters. The molecule has 1 N–H and O–H groups in total. The van der Waals surface area contributed by atoms with Gasteiger partial charge in [-0.1, -0.05) is 23.8 Å². The van der Waals surface area contributed by atoms with Gasteiger partial charge in [0, 0.05) is 22.7 Å². The summed E-state index contributed by atoms with van der Waals surface area (Å²) in [6.45, 7) is 12.8. The number of halogens is 1. The van der Waals surface area contributed by atoms with E-state index < -0.39 is 0 Å². The minimum absolute atomic E-state index is 0.0782. The Labute approximate surface area is 161 Å². The van der Waals surface area contributed by atoms with Crippen LogP contribution >= 0.6 is 11.6 Å². The highest BCUT2D eigenvalue weighted by molar-refractivity contribution is 6.30. The van der Waals surface area contributed by atoms with Gasteiger partial charge in [0.1, 0.15) is 5.76 Å². The molecular formula is C23H28ClO2+. The average molecular weight is 372 g/mol. The quantitative estimate of drug-likeness (QED) is 0.345. The number of hydrogen-bond acceptors (Lipinski definition) is 1. The zero-order chi connectivity index (χ0) is 19.5. The lowest BCUT2D eigenvalue weighted by molar-refractivity contribution is 0.328. The molecular weight excluding hydrogens is 344 g/mol. The molecule has 0 atom stereocenters. The standard InChI is InChI=1S/C23H27ClO2/c1-22(2,3)20-14-16(15-21(26-20)23(4,5)6)8-7-9-19(25)17-10-12-18(24)13-11-17/h7-15H,1-6H3/p+1/b8-7+,19-9+. The summed E-state index contributed by atoms with van der Waals surface area (Å²) >= 11 is 5.88. The zero-order valence-electron chi connectivity index (χ0n) is 16.4. The van der Waals surface area contributed by atoms with E-state index in [2.05, 4.69) is 53.7 Å². The molecule has 0 aliphatic rings. The third kappa shape index (κ3) is 5.47. The molecule has 2 rings (SSSR count). The predicted molar refractivity (Wildman–Crippen MR) is 112 cm³/mol. The molecule has 1 heterocycles. The van der Waals surface area contributed by atoms with Gasteiger partial charge in [0.25, 0.3) is 0 Å². The smallest absolute Gasteiger partial charge is 0.335 e. The second kappa shape index (κ2) is 7.67. The average Bonchev–Trinajstić information content (AvgIpc) is 2.53. The van der Waals surface area contributed by atoms with Crippen LogP contribution < -0.4 is 0 Å². The summed E-state index contributed by atoms with van der Waals surface area (Å²) in [7, 11) is 0. The molecule has 0 saturated heterocycles. The summed E-state index contributed by atoms with van der Waals surface area (Å²) < 4.78 is 6.14. The van der Waals surface area contributed by atoms with Gasteiger partial charge in [0.15, 0.2) is 0 Å². The monoisotopic (exact) mass is 371 g/mol. The first kappa shape index (κ1) is 20.3. The molecule has 26 heavy (non-hydrogen) atoms. The van der Waals surface area contributed by atoms with Crippen LogP contribution in [-0.2, 0) is 10.8 Å². The lowest BCUT2D eigenvalue weighted by Gasteiger charge is -2.14. The summed E-state index contributed by atoms with van der Waals surface area (Å²) in [4.78, 5) is 0. The van der Waals surface area contributed by atoms with Crippen LogP contribution in [0.2, 0.25) is 5.02 Å². The van der Waals surface area contributed by atoms with E-state index in [-0.39, 0.29) is 16.6 Å². The van der Waals surface area contributed by atoms with Crippen LogP contribution in [0.1, 0.15) is 64.2 Å². The van der Waals surface area contributed by atoms with Gasteiger partial charge >= 0.3 is 11.5 Å². The van der Waals surface area contributed by atoms with E-state index in [1.54, 1.807) is 30.3 Å². The molecule has 138 valence electrons. The number of benzene rings is 1. The molecule has 2 aromatic rings. The van der Waals surface area contributed by atoms with Gasteiger partial charge in [-0.05, 0) is 77.4 Å². The summed E-state index contributed by atoms with van der Waals surface area (Å²) in [6.07, 6.45) is 5.51. The SMILES string of the molecule is CC(C)(C)c1cc(/C=C/C=C(/O)c2ccc(Cl)cc2)cc(C(C)(C)C)[o+]1. The largest absolute Gasteiger partial charge is 0.507 e. The highest BCUT2D eigenvalue weighted by Gasteiger charge is 2.33. The fourth-order valence-corrected chi connectivity index (χ4v) is 2.45. The molecule has 0 fully saturated rings. The number of rotatable bonds is 3. The maximum Gasteiger partial charge on any atom is 0.335 e. The van der Waals surface area contributed by atoms with Crippen molar-refractivity contribution in [3.8, 4) is 0 Å². The Hall–Kier alpha value is -2.06. The molecule has 0 saturated carbocycles. The maximum absolute atomic E-state index is 10.2. The topological polar surface area (TPSA) is 31.5 Å². The van der Waals surface area contributed by atoms with Crippen molar-refractivity contribution in [2.24, 2.45) is 0 Å². The lowest BCUT2D eigenvalue weighted by Crippen LogP contribution is -2.16. The van der Waals surface area contributed by atoms with E-state index in [9.17, 15) is 5.11 Å². The van der Waals surface area contributed by atoms with Crippen LogP contribution in [-0.4, -0.2) is 5.11 Å². The fraction of sp³-hybridized carbons (Fsp3) is 0.348. The Morgan fingerprint density at radius 2 is 1.42 bits per heavy atom. The molecule has 1 aromatic heterocycles. The van der Waals surface area contributed by atoms with Crippen LogP contribution in [0.25, 0.3) is 11.8 Å². The summed E-state index contributed by atoms with van der Waals surface area (Å²) in [5.41, 5.74) is 1.62. The van der Waals surface area contributed by atoms with E-state index in [1.807, 2.05) is 12.2 Å². The van der Waals surface area contributed by atoms with Gasteiger partial charge in [0.2, 0.25) is 0 Å². The predicted octanol–water partition coefficient (Wildman–Crippen LogP) is 7.42. The highest BCUT2D eigenvalue weighted by atomic mass is 35.5. The maximum atomic E-state index is 10.2. The van der Waals surface area contributed by atoms with E-state index in [0.29, 0.717) is 5.02 Å². The first-order valence-corrected chi connectivity index (χ1v) is 9.17. The Morgan fingerprint density at radius 1 is 0.923 bits per heavy atom. The lowest BCUT2D eigenvalue weighted by atomic mass is 9.88. The van der Waals surface area contributed by atoms with Crippen molar-refractivity contribution in [2.45, 2.75) is 52.4 Å². The van der Waals surface area contributed by atoms with E-state index in [1.165, 1.54) is 0 Å². The Balaban J connectivity index is 2.34. The Morgan fingerprint density at radius 3 is 1.88 bits per heavy atom. The number of hydrogen-bond donors (Lipinski definition) is 1. The fourth-order valence-electron chi connectivity index (χ4n) is 2.32. The molecule has 2 nitrogen and oxygen atoms in total. The van der Waals surface area contributed by atoms with Gasteiger partial charge in [-0.3, -0.25) is 0 Å². The van der Waals surface area contributed by atoms with Crippen molar-refractivity contribution >= 4 is 23.4 Å². The van der Waals surface area contributed by atoms with Crippen molar-refractivity contribution < 1.29 is 9.52 Å². The van der Waals surface area contributed by atoms with Crippen LogP contribution in [0.3, 0.4) is 0 Å². The molecule has 0 amide bonds. The Bertz CT molecular complexity index is 785. The second-order valence-corrected chi connectivity index (χ2v) is 8.97. The zero-order valence-corrected chi connectivity index (χ0v) is 17.2. The Kier molecular flexibility index (Phi) is 5.98. The van der Waals surface area contributed by atoms with Crippen molar-refractivity contribution in [2.75, 3.05) is 0 Å². The summed E-state index contributed by atoms with van der Waals surface area (Å²) in [5, 5.41) is 10.9. The normalized spacial score (nSPS) is 13.4. The molecule has 0 bridgehead atoms. The minimum Gasteiger partial charge on any atom is -0.507 e. The molecule has 0 aliphatic carbocycles. The first-order valence-electron chi connectivity index (χ1n) is 8.79. The number of aliphatic hydroxyl groups is 1. The minimum atomic E-state index is -0.0782. The van der Waals surface area contributed by atoms with Crippen molar-refractivity contribution in [3.05, 3.63) is 76.2 Å². The van der Waals surface area contributed by atoms with Gasteiger partial charge in [0.05, 0.1) is 10.8 Å². The van der Waals surface area contributed by atoms with Crippen LogP contribution in [0.5, 0.6) is 0 Å². The van der Waals surface area contributed by atoms with Crippen LogP contribution in [0.15, 0.2) is 53.0 Å². The third-order valence-electron chi connectivity index (χ3n) is 3.98. The number of allylic oxidation sites excluding steroid dienone is 2. The summed E-state index contributed by atoms with van der Waals surface area (Å²) in [5.74, 6) is 2.08. The third-order valence-corrected chi connectivity index (χ3v) is 4.23. The molecule has 0 radical (unpaired) electrons. The van der Waals surface area contributed by atoms with E-state index in [4.69, 9.17) is 16.0 Å². The second-order valence-electron chi connectivity index (χ2n) is 8.54. The summed E-state index contributed by atoms with van der Waals surface area (Å²) in [6, 6.07) is 11.2. The highest BCUT2D eigenvalue weighted by Crippen LogP contribution is 2.30. The first-order chi connectivity index (χ1) is 12.0. The van der Waals surface area contributed by atoms with Crippen molar-refractivity contribution in [1.82, 2.24) is 0 Å². The van der Waals surface area contributed by atoms with Gasteiger partial charge in [-0.25, -0.2) is 4.42 Å². The van der Waals surface area contributed by atoms with Crippen LogP contribution in [0, 0.1) is 0 Å². The molecule has 3 heteroatoms. The molecule has 0 spiro atoms. The van der Waals surface area contributed by atoms with Gasteiger partial charge in [-0.2, -0.15) is 0 Å².